The highest BCUT2D eigenvalue weighted by Crippen LogP contribution is 2.31. The van der Waals surface area contributed by atoms with Crippen molar-refractivity contribution in [2.75, 3.05) is 0 Å². The molecule has 0 unspecified atom stereocenters. The predicted molar refractivity (Wildman–Crippen MR) is 65.4 cm³/mol. The smallest absolute Gasteiger partial charge is 0.203 e. The zero-order valence-electron chi connectivity index (χ0n) is 7.17. The molecule has 0 aliphatic carbocycles. The quantitative estimate of drug-likeness (QED) is 0.751. The van der Waals surface area contributed by atoms with Crippen LogP contribution in [0.4, 0.5) is 0 Å². The van der Waals surface area contributed by atoms with E-state index < -0.39 is 0 Å². The van der Waals surface area contributed by atoms with E-state index in [1.54, 1.807) is 11.3 Å². The number of aromatic nitrogens is 2. The van der Waals surface area contributed by atoms with Gasteiger partial charge in [-0.1, -0.05) is 0 Å². The average Bonchev–Trinajstić information content (AvgIpc) is 2.61. The fourth-order valence-corrected chi connectivity index (χ4v) is 3.32. The van der Waals surface area contributed by atoms with Gasteiger partial charge in [-0.2, -0.15) is 4.37 Å². The van der Waals surface area contributed by atoms with Gasteiger partial charge in [0.2, 0.25) is 3.83 Å². The molecule has 2 aromatic heterocycles. The Hall–Kier alpha value is -0.0100. The summed E-state index contributed by atoms with van der Waals surface area (Å²) >= 11 is 5.39. The molecule has 0 bridgehead atoms. The Balaban J connectivity index is 2.46. The van der Waals surface area contributed by atoms with E-state index in [0.29, 0.717) is 0 Å². The van der Waals surface area contributed by atoms with Crippen LogP contribution in [0.1, 0.15) is 10.4 Å². The van der Waals surface area contributed by atoms with Gasteiger partial charge in [-0.05, 0) is 37.0 Å². The van der Waals surface area contributed by atoms with E-state index in [1.807, 2.05) is 0 Å². The van der Waals surface area contributed by atoms with Gasteiger partial charge in [0.1, 0.15) is 0 Å². The number of rotatable bonds is 1. The van der Waals surface area contributed by atoms with E-state index in [0.717, 1.165) is 8.84 Å². The molecule has 0 N–H and O–H groups in total. The fraction of sp³-hybridized carbons (Fsp3) is 0.250. The molecular weight excluding hydrogens is 315 g/mol. The molecular formula is C8H7IN2S2. The lowest BCUT2D eigenvalue weighted by Gasteiger charge is -1.83. The largest absolute Gasteiger partial charge is 0.209 e. The Bertz CT molecular complexity index is 414. The number of halogens is 1. The van der Waals surface area contributed by atoms with Crippen LogP contribution in [0, 0.1) is 17.7 Å². The normalized spacial score (nSPS) is 10.7. The van der Waals surface area contributed by atoms with Crippen molar-refractivity contribution in [3.8, 4) is 9.88 Å². The minimum absolute atomic E-state index is 0.835. The molecule has 2 heterocycles. The lowest BCUT2D eigenvalue weighted by Crippen LogP contribution is -1.71. The summed E-state index contributed by atoms with van der Waals surface area (Å²) in [6, 6.07) is 2.18. The molecule has 0 saturated carbocycles. The van der Waals surface area contributed by atoms with Crippen LogP contribution in [0.5, 0.6) is 0 Å². The number of hydrogen-bond acceptors (Lipinski definition) is 4. The van der Waals surface area contributed by atoms with Gasteiger partial charge in [0.25, 0.3) is 0 Å². The zero-order valence-corrected chi connectivity index (χ0v) is 11.0. The van der Waals surface area contributed by atoms with Crippen LogP contribution < -0.4 is 0 Å². The molecule has 0 aromatic carbocycles. The summed E-state index contributed by atoms with van der Waals surface area (Å²) in [7, 11) is 0. The Morgan fingerprint density at radius 2 is 2.15 bits per heavy atom. The molecule has 0 amide bonds. The minimum Gasteiger partial charge on any atom is -0.209 e. The van der Waals surface area contributed by atoms with Gasteiger partial charge >= 0.3 is 0 Å². The maximum Gasteiger partial charge on any atom is 0.203 e. The maximum absolute atomic E-state index is 4.34. The number of nitrogens with zero attached hydrogens (tertiary/aromatic N) is 2. The van der Waals surface area contributed by atoms with Crippen LogP contribution in [0.2, 0.25) is 0 Å². The van der Waals surface area contributed by atoms with Crippen LogP contribution >= 0.6 is 45.5 Å². The van der Waals surface area contributed by atoms with Gasteiger partial charge in [-0.15, -0.1) is 11.3 Å². The third kappa shape index (κ3) is 1.92. The standard InChI is InChI=1S/C8H7IN2S2/c1-4-3-6(12-5(4)2)7-10-8(9)11-13-7/h3H,1-2H3. The van der Waals surface area contributed by atoms with E-state index in [9.17, 15) is 0 Å². The van der Waals surface area contributed by atoms with Crippen molar-refractivity contribution in [3.05, 3.63) is 20.3 Å². The molecule has 0 aliphatic rings. The van der Waals surface area contributed by atoms with Gasteiger partial charge in [-0.3, -0.25) is 0 Å². The molecule has 2 aromatic rings. The van der Waals surface area contributed by atoms with Gasteiger partial charge in [0.15, 0.2) is 5.01 Å². The predicted octanol–water partition coefficient (Wildman–Crippen LogP) is 3.49. The highest BCUT2D eigenvalue weighted by molar-refractivity contribution is 14.1. The van der Waals surface area contributed by atoms with Crippen molar-refractivity contribution in [2.45, 2.75) is 13.8 Å². The third-order valence-electron chi connectivity index (χ3n) is 1.78. The topological polar surface area (TPSA) is 25.8 Å². The SMILES string of the molecule is Cc1cc(-c2nc(I)ns2)sc1C. The van der Waals surface area contributed by atoms with Gasteiger partial charge < -0.3 is 0 Å². The molecule has 68 valence electrons. The second-order valence-electron chi connectivity index (χ2n) is 2.72. The Morgan fingerprint density at radius 1 is 1.38 bits per heavy atom. The van der Waals surface area contributed by atoms with Crippen molar-refractivity contribution < 1.29 is 0 Å². The van der Waals surface area contributed by atoms with E-state index in [1.165, 1.54) is 26.9 Å². The van der Waals surface area contributed by atoms with Crippen LogP contribution in [0.3, 0.4) is 0 Å². The first kappa shape index (κ1) is 9.54. The molecule has 0 fully saturated rings. The summed E-state index contributed by atoms with van der Waals surface area (Å²) < 4.78 is 4.99. The third-order valence-corrected chi connectivity index (χ3v) is 4.62. The van der Waals surface area contributed by atoms with E-state index in [-0.39, 0.29) is 0 Å². The second kappa shape index (κ2) is 3.62. The molecule has 5 heteroatoms. The fourth-order valence-electron chi connectivity index (χ4n) is 0.984. The van der Waals surface area contributed by atoms with Crippen LogP contribution in [0.25, 0.3) is 9.88 Å². The molecule has 13 heavy (non-hydrogen) atoms. The second-order valence-corrected chi connectivity index (χ2v) is 5.69. The highest BCUT2D eigenvalue weighted by Gasteiger charge is 2.08. The van der Waals surface area contributed by atoms with Gasteiger partial charge in [0.05, 0.1) is 4.88 Å². The van der Waals surface area contributed by atoms with Crippen molar-refractivity contribution in [3.63, 3.8) is 0 Å². The molecule has 0 spiro atoms. The highest BCUT2D eigenvalue weighted by atomic mass is 127. The molecule has 0 radical (unpaired) electrons. The zero-order chi connectivity index (χ0) is 9.42. The Kier molecular flexibility index (Phi) is 2.66. The van der Waals surface area contributed by atoms with E-state index >= 15 is 0 Å². The first-order chi connectivity index (χ1) is 6.16. The van der Waals surface area contributed by atoms with Crippen LogP contribution in [-0.2, 0) is 0 Å². The van der Waals surface area contributed by atoms with E-state index in [2.05, 4.69) is 51.9 Å². The lowest BCUT2D eigenvalue weighted by atomic mass is 10.3. The Labute approximate surface area is 98.3 Å². The Morgan fingerprint density at radius 3 is 2.62 bits per heavy atom. The molecule has 0 saturated heterocycles. The number of thiophene rings is 1. The van der Waals surface area contributed by atoms with Gasteiger partial charge in [0, 0.05) is 27.5 Å². The molecule has 0 aliphatic heterocycles. The maximum atomic E-state index is 4.34. The van der Waals surface area contributed by atoms with Crippen molar-refractivity contribution in [2.24, 2.45) is 0 Å². The monoisotopic (exact) mass is 322 g/mol. The summed E-state index contributed by atoms with van der Waals surface area (Å²) in [5.74, 6) is 0. The number of aryl methyl sites for hydroxylation is 2. The van der Waals surface area contributed by atoms with Gasteiger partial charge in [-0.25, -0.2) is 4.98 Å². The molecule has 2 rings (SSSR count). The van der Waals surface area contributed by atoms with Crippen molar-refractivity contribution in [1.82, 2.24) is 9.36 Å². The van der Waals surface area contributed by atoms with Crippen LogP contribution in [-0.4, -0.2) is 9.36 Å². The summed E-state index contributed by atoms with van der Waals surface area (Å²) in [6.45, 7) is 4.26. The minimum atomic E-state index is 0.835. The first-order valence-corrected chi connectivity index (χ1v) is 6.40. The number of hydrogen-bond donors (Lipinski definition) is 0. The molecule has 0 atom stereocenters. The summed E-state index contributed by atoms with van der Waals surface area (Å²) in [5, 5.41) is 1.03. The van der Waals surface area contributed by atoms with Crippen molar-refractivity contribution >= 4 is 45.5 Å². The molecule has 2 nitrogen and oxygen atoms in total. The average molecular weight is 322 g/mol. The summed E-state index contributed by atoms with van der Waals surface area (Å²) in [5.41, 5.74) is 1.34. The summed E-state index contributed by atoms with van der Waals surface area (Å²) in [4.78, 5) is 6.93. The van der Waals surface area contributed by atoms with E-state index in [4.69, 9.17) is 0 Å². The van der Waals surface area contributed by atoms with Crippen molar-refractivity contribution in [1.29, 1.82) is 0 Å². The van der Waals surface area contributed by atoms with Crippen LogP contribution in [0.15, 0.2) is 6.07 Å². The first-order valence-electron chi connectivity index (χ1n) is 3.73. The lowest BCUT2D eigenvalue weighted by molar-refractivity contribution is 1.26. The summed E-state index contributed by atoms with van der Waals surface area (Å²) in [6.07, 6.45) is 0.